The maximum atomic E-state index is 9.77. The van der Waals surface area contributed by atoms with Crippen LogP contribution in [-0.4, -0.2) is 24.4 Å². The minimum Gasteiger partial charge on any atom is -0.491 e. The largest absolute Gasteiger partial charge is 0.491 e. The van der Waals surface area contributed by atoms with Gasteiger partial charge in [-0.3, -0.25) is 0 Å². The fourth-order valence-corrected chi connectivity index (χ4v) is 1.70. The Hall–Kier alpha value is -1.71. The molecule has 4 heteroatoms. The van der Waals surface area contributed by atoms with Crippen molar-refractivity contribution >= 4 is 11.6 Å². The van der Waals surface area contributed by atoms with Crippen molar-refractivity contribution in [3.63, 3.8) is 0 Å². The zero-order chi connectivity index (χ0) is 13.5. The number of hydrogen-bond donors (Lipinski definition) is 1. The van der Waals surface area contributed by atoms with Crippen LogP contribution in [0.25, 0.3) is 0 Å². The van der Waals surface area contributed by atoms with Crippen LogP contribution in [0.1, 0.15) is 0 Å². The molecule has 0 bridgehead atoms. The van der Waals surface area contributed by atoms with E-state index in [4.69, 9.17) is 21.1 Å². The highest BCUT2D eigenvalue weighted by Gasteiger charge is 2.08. The van der Waals surface area contributed by atoms with E-state index < -0.39 is 6.10 Å². The maximum absolute atomic E-state index is 9.77. The molecule has 19 heavy (non-hydrogen) atoms. The number of aliphatic hydroxyl groups is 1. The molecule has 0 amide bonds. The van der Waals surface area contributed by atoms with Crippen LogP contribution in [0.3, 0.4) is 0 Å². The van der Waals surface area contributed by atoms with E-state index >= 15 is 0 Å². The molecule has 2 aromatic carbocycles. The first-order valence-corrected chi connectivity index (χ1v) is 6.37. The van der Waals surface area contributed by atoms with Crippen LogP contribution in [0.5, 0.6) is 11.5 Å². The van der Waals surface area contributed by atoms with Crippen LogP contribution in [0.2, 0.25) is 5.02 Å². The van der Waals surface area contributed by atoms with Crippen LogP contribution >= 0.6 is 11.6 Å². The lowest BCUT2D eigenvalue weighted by atomic mass is 10.3. The molecule has 0 saturated carbocycles. The second-order valence-corrected chi connectivity index (χ2v) is 4.43. The van der Waals surface area contributed by atoms with Crippen LogP contribution in [0.4, 0.5) is 0 Å². The fraction of sp³-hybridized carbons (Fsp3) is 0.200. The van der Waals surface area contributed by atoms with Gasteiger partial charge in [0.15, 0.2) is 0 Å². The molecule has 1 N–H and O–H groups in total. The average Bonchev–Trinajstić information content (AvgIpc) is 2.45. The molecule has 0 aromatic heterocycles. The smallest absolute Gasteiger partial charge is 0.138 e. The summed E-state index contributed by atoms with van der Waals surface area (Å²) in [4.78, 5) is 0. The summed E-state index contributed by atoms with van der Waals surface area (Å²) in [6, 6.07) is 16.5. The lowest BCUT2D eigenvalue weighted by Gasteiger charge is -2.14. The topological polar surface area (TPSA) is 38.7 Å². The predicted octanol–water partition coefficient (Wildman–Crippen LogP) is 3.16. The molecule has 0 radical (unpaired) electrons. The first-order chi connectivity index (χ1) is 9.25. The van der Waals surface area contributed by atoms with Crippen LogP contribution in [0, 0.1) is 0 Å². The number of aliphatic hydroxyl groups excluding tert-OH is 1. The molecule has 2 aromatic rings. The molecule has 0 aliphatic heterocycles. The van der Waals surface area contributed by atoms with Gasteiger partial charge in [0.2, 0.25) is 0 Å². The van der Waals surface area contributed by atoms with Crippen molar-refractivity contribution in [2.45, 2.75) is 6.10 Å². The molecule has 0 spiro atoms. The first kappa shape index (κ1) is 13.7. The standard InChI is InChI=1S/C15H15ClO3/c16-14-8-4-5-9-15(14)19-11-12(17)10-18-13-6-2-1-3-7-13/h1-9,12,17H,10-11H2. The summed E-state index contributed by atoms with van der Waals surface area (Å²) < 4.78 is 10.8. The molecular weight excluding hydrogens is 264 g/mol. The van der Waals surface area contributed by atoms with Crippen LogP contribution in [0.15, 0.2) is 54.6 Å². The Morgan fingerprint density at radius 1 is 0.895 bits per heavy atom. The van der Waals surface area contributed by atoms with Crippen molar-refractivity contribution in [3.8, 4) is 11.5 Å². The lowest BCUT2D eigenvalue weighted by Crippen LogP contribution is -2.25. The van der Waals surface area contributed by atoms with E-state index in [0.717, 1.165) is 5.75 Å². The molecule has 3 nitrogen and oxygen atoms in total. The Morgan fingerprint density at radius 2 is 1.53 bits per heavy atom. The number of para-hydroxylation sites is 2. The van der Waals surface area contributed by atoms with Crippen molar-refractivity contribution in [2.75, 3.05) is 13.2 Å². The third-order valence-corrected chi connectivity index (χ3v) is 2.77. The number of benzene rings is 2. The van der Waals surface area contributed by atoms with E-state index in [1.54, 1.807) is 12.1 Å². The molecule has 2 rings (SSSR count). The molecular formula is C15H15ClO3. The highest BCUT2D eigenvalue weighted by atomic mass is 35.5. The van der Waals surface area contributed by atoms with Gasteiger partial charge in [-0.25, -0.2) is 0 Å². The highest BCUT2D eigenvalue weighted by Crippen LogP contribution is 2.23. The quantitative estimate of drug-likeness (QED) is 0.882. The second kappa shape index (κ2) is 7.02. The Bertz CT molecular complexity index is 502. The number of ether oxygens (including phenoxy) is 2. The minimum atomic E-state index is -0.712. The minimum absolute atomic E-state index is 0.135. The monoisotopic (exact) mass is 278 g/mol. The zero-order valence-electron chi connectivity index (χ0n) is 10.3. The van der Waals surface area contributed by atoms with Crippen molar-refractivity contribution in [1.82, 2.24) is 0 Å². The summed E-state index contributed by atoms with van der Waals surface area (Å²) in [5.41, 5.74) is 0. The van der Waals surface area contributed by atoms with Gasteiger partial charge in [0, 0.05) is 0 Å². The summed E-state index contributed by atoms with van der Waals surface area (Å²) in [5.74, 6) is 1.28. The second-order valence-electron chi connectivity index (χ2n) is 4.02. The summed E-state index contributed by atoms with van der Waals surface area (Å²) in [6.45, 7) is 0.311. The van der Waals surface area contributed by atoms with E-state index in [1.807, 2.05) is 42.5 Å². The normalized spacial score (nSPS) is 11.9. The number of rotatable bonds is 6. The molecule has 1 unspecified atom stereocenters. The molecule has 1 atom stereocenters. The van der Waals surface area contributed by atoms with Gasteiger partial charge < -0.3 is 14.6 Å². The third-order valence-electron chi connectivity index (χ3n) is 2.45. The summed E-state index contributed by atoms with van der Waals surface area (Å²) in [7, 11) is 0. The predicted molar refractivity (Wildman–Crippen MR) is 74.9 cm³/mol. The van der Waals surface area contributed by atoms with Gasteiger partial charge in [-0.1, -0.05) is 41.9 Å². The third kappa shape index (κ3) is 4.47. The molecule has 100 valence electrons. The Balaban J connectivity index is 1.76. The Kier molecular flexibility index (Phi) is 5.07. The SMILES string of the molecule is OC(COc1ccccc1)COc1ccccc1Cl. The molecule has 0 saturated heterocycles. The van der Waals surface area contributed by atoms with E-state index in [-0.39, 0.29) is 13.2 Å². The summed E-state index contributed by atoms with van der Waals surface area (Å²) in [5, 5.41) is 10.3. The van der Waals surface area contributed by atoms with Gasteiger partial charge in [0.1, 0.15) is 30.8 Å². The van der Waals surface area contributed by atoms with E-state index in [1.165, 1.54) is 0 Å². The van der Waals surface area contributed by atoms with Gasteiger partial charge in [0.05, 0.1) is 5.02 Å². The average molecular weight is 279 g/mol. The first-order valence-electron chi connectivity index (χ1n) is 5.99. The molecule has 0 aliphatic rings. The van der Waals surface area contributed by atoms with Gasteiger partial charge >= 0.3 is 0 Å². The van der Waals surface area contributed by atoms with E-state index in [9.17, 15) is 5.11 Å². The highest BCUT2D eigenvalue weighted by molar-refractivity contribution is 6.32. The van der Waals surface area contributed by atoms with Crippen molar-refractivity contribution in [3.05, 3.63) is 59.6 Å². The van der Waals surface area contributed by atoms with Gasteiger partial charge in [-0.2, -0.15) is 0 Å². The summed E-state index contributed by atoms with van der Waals surface area (Å²) >= 11 is 5.94. The molecule has 0 aliphatic carbocycles. The van der Waals surface area contributed by atoms with E-state index in [0.29, 0.717) is 10.8 Å². The van der Waals surface area contributed by atoms with Crippen LogP contribution in [-0.2, 0) is 0 Å². The van der Waals surface area contributed by atoms with Gasteiger partial charge in [-0.15, -0.1) is 0 Å². The van der Waals surface area contributed by atoms with Crippen LogP contribution < -0.4 is 9.47 Å². The maximum Gasteiger partial charge on any atom is 0.138 e. The Morgan fingerprint density at radius 3 is 2.26 bits per heavy atom. The zero-order valence-corrected chi connectivity index (χ0v) is 11.1. The Labute approximate surface area is 117 Å². The number of hydrogen-bond acceptors (Lipinski definition) is 3. The van der Waals surface area contributed by atoms with Crippen molar-refractivity contribution in [1.29, 1.82) is 0 Å². The number of halogens is 1. The molecule has 0 fully saturated rings. The van der Waals surface area contributed by atoms with Gasteiger partial charge in [0.25, 0.3) is 0 Å². The van der Waals surface area contributed by atoms with Crippen molar-refractivity contribution in [2.24, 2.45) is 0 Å². The van der Waals surface area contributed by atoms with Gasteiger partial charge in [-0.05, 0) is 24.3 Å². The lowest BCUT2D eigenvalue weighted by molar-refractivity contribution is 0.0627. The molecule has 0 heterocycles. The van der Waals surface area contributed by atoms with Crippen molar-refractivity contribution < 1.29 is 14.6 Å². The fourth-order valence-electron chi connectivity index (χ4n) is 1.51. The summed E-state index contributed by atoms with van der Waals surface area (Å²) in [6.07, 6.45) is -0.712. The van der Waals surface area contributed by atoms with E-state index in [2.05, 4.69) is 0 Å².